The van der Waals surface area contributed by atoms with Crippen molar-refractivity contribution in [1.29, 1.82) is 0 Å². The van der Waals surface area contributed by atoms with Crippen molar-refractivity contribution in [1.82, 2.24) is 15.0 Å². The van der Waals surface area contributed by atoms with Crippen LogP contribution in [0.1, 0.15) is 36.2 Å². The molecule has 32 heavy (non-hydrogen) atoms. The minimum atomic E-state index is -1.29. The van der Waals surface area contributed by atoms with E-state index < -0.39 is 5.41 Å². The number of anilines is 2. The molecule has 0 aliphatic carbocycles. The minimum Gasteiger partial charge on any atom is -0.309 e. The molecule has 7 nitrogen and oxygen atoms in total. The Morgan fingerprint density at radius 3 is 2.62 bits per heavy atom. The zero-order valence-electron chi connectivity index (χ0n) is 17.2. The van der Waals surface area contributed by atoms with E-state index in [1.165, 1.54) is 0 Å². The van der Waals surface area contributed by atoms with Gasteiger partial charge in [0.05, 0.1) is 12.5 Å². The predicted molar refractivity (Wildman–Crippen MR) is 123 cm³/mol. The normalized spacial score (nSPS) is 20.2. The minimum absolute atomic E-state index is 0.0756. The summed E-state index contributed by atoms with van der Waals surface area (Å²) in [6.45, 7) is 6.02. The fourth-order valence-corrected chi connectivity index (χ4v) is 4.90. The summed E-state index contributed by atoms with van der Waals surface area (Å²) in [7, 11) is 0. The lowest BCUT2D eigenvalue weighted by molar-refractivity contribution is -0.126. The molecular weight excluding hydrogens is 449 g/mol. The molecule has 2 aromatic carbocycles. The average Bonchev–Trinajstić information content (AvgIpc) is 3.28. The average molecular weight is 468 g/mol. The Hall–Kier alpha value is -3.16. The zero-order chi connectivity index (χ0) is 22.6. The van der Waals surface area contributed by atoms with Crippen LogP contribution in [0.5, 0.6) is 0 Å². The second kappa shape index (κ2) is 7.46. The monoisotopic (exact) mass is 467 g/mol. The molecule has 2 amide bonds. The van der Waals surface area contributed by atoms with Crippen LogP contribution < -0.4 is 10.2 Å². The predicted octanol–water partition coefficient (Wildman–Crippen LogP) is 4.36. The number of nitrogens with zero attached hydrogens (tertiary/aromatic N) is 4. The largest absolute Gasteiger partial charge is 0.309 e. The molecule has 2 aliphatic heterocycles. The van der Waals surface area contributed by atoms with Crippen LogP contribution in [-0.2, 0) is 15.0 Å². The Balaban J connectivity index is 1.70. The molecule has 0 saturated heterocycles. The van der Waals surface area contributed by atoms with Crippen LogP contribution in [0.4, 0.5) is 11.5 Å². The molecule has 3 aromatic rings. The molecule has 9 heteroatoms. The molecular formula is C23H19Cl2N5O2. The van der Waals surface area contributed by atoms with Gasteiger partial charge in [-0.05, 0) is 48.4 Å². The Morgan fingerprint density at radius 1 is 1.19 bits per heavy atom. The summed E-state index contributed by atoms with van der Waals surface area (Å²) in [5, 5.41) is 12.8. The smallest absolute Gasteiger partial charge is 0.244 e. The summed E-state index contributed by atoms with van der Waals surface area (Å²) < 4.78 is 1.63. The SMILES string of the molecule is C=CCN1C(=O)[C@]2(CC(=O)Nc3c2nnn3[C@@H](C)c2ccc(Cl)cc2)c2cc(Cl)ccc21. The van der Waals surface area contributed by atoms with E-state index in [0.29, 0.717) is 39.4 Å². The number of hydrogen-bond donors (Lipinski definition) is 1. The van der Waals surface area contributed by atoms with E-state index in [9.17, 15) is 9.59 Å². The second-order valence-corrected chi connectivity index (χ2v) is 8.83. The van der Waals surface area contributed by atoms with E-state index in [4.69, 9.17) is 23.2 Å². The van der Waals surface area contributed by atoms with E-state index in [1.807, 2.05) is 19.1 Å². The number of hydrogen-bond acceptors (Lipinski definition) is 4. The summed E-state index contributed by atoms with van der Waals surface area (Å²) in [6, 6.07) is 12.4. The van der Waals surface area contributed by atoms with Crippen LogP contribution in [0.3, 0.4) is 0 Å². The van der Waals surface area contributed by atoms with Crippen molar-refractivity contribution < 1.29 is 9.59 Å². The fraction of sp³-hybridized carbons (Fsp3) is 0.217. The Labute approximate surface area is 194 Å². The molecule has 162 valence electrons. The first-order valence-electron chi connectivity index (χ1n) is 10.1. The van der Waals surface area contributed by atoms with E-state index in [1.54, 1.807) is 46.0 Å². The van der Waals surface area contributed by atoms with E-state index in [0.717, 1.165) is 5.56 Å². The van der Waals surface area contributed by atoms with Gasteiger partial charge in [0.25, 0.3) is 0 Å². The highest BCUT2D eigenvalue weighted by atomic mass is 35.5. The highest BCUT2D eigenvalue weighted by molar-refractivity contribution is 6.31. The molecule has 0 radical (unpaired) electrons. The van der Waals surface area contributed by atoms with Gasteiger partial charge in [-0.1, -0.05) is 46.6 Å². The lowest BCUT2D eigenvalue weighted by atomic mass is 9.73. The number of nitrogens with one attached hydrogen (secondary N) is 1. The number of carbonyl (C=O) groups excluding carboxylic acids is 2. The van der Waals surface area contributed by atoms with Gasteiger partial charge in [-0.25, -0.2) is 4.68 Å². The third-order valence-electron chi connectivity index (χ3n) is 6.13. The van der Waals surface area contributed by atoms with Crippen molar-refractivity contribution >= 4 is 46.5 Å². The zero-order valence-corrected chi connectivity index (χ0v) is 18.7. The molecule has 2 atom stereocenters. The van der Waals surface area contributed by atoms with Gasteiger partial charge in [0.1, 0.15) is 11.1 Å². The molecule has 1 spiro atoms. The summed E-state index contributed by atoms with van der Waals surface area (Å²) >= 11 is 12.3. The lowest BCUT2D eigenvalue weighted by Gasteiger charge is -2.31. The maximum Gasteiger partial charge on any atom is 0.244 e. The number of halogens is 2. The van der Waals surface area contributed by atoms with Crippen molar-refractivity contribution in [2.45, 2.75) is 24.8 Å². The number of rotatable bonds is 4. The van der Waals surface area contributed by atoms with Crippen molar-refractivity contribution in [3.63, 3.8) is 0 Å². The first-order valence-corrected chi connectivity index (χ1v) is 10.9. The third kappa shape index (κ3) is 2.88. The number of fused-ring (bicyclic) bond motifs is 4. The van der Waals surface area contributed by atoms with Gasteiger partial charge in [0, 0.05) is 22.3 Å². The van der Waals surface area contributed by atoms with E-state index in [-0.39, 0.29) is 24.3 Å². The molecule has 0 saturated carbocycles. The molecule has 0 unspecified atom stereocenters. The number of aromatic nitrogens is 3. The van der Waals surface area contributed by atoms with Gasteiger partial charge in [-0.3, -0.25) is 9.59 Å². The van der Waals surface area contributed by atoms with Crippen molar-refractivity contribution in [2.24, 2.45) is 0 Å². The van der Waals surface area contributed by atoms with E-state index in [2.05, 4.69) is 22.2 Å². The first-order chi connectivity index (χ1) is 15.4. The highest BCUT2D eigenvalue weighted by Gasteiger charge is 2.58. The van der Waals surface area contributed by atoms with Crippen LogP contribution >= 0.6 is 23.2 Å². The third-order valence-corrected chi connectivity index (χ3v) is 6.62. The van der Waals surface area contributed by atoms with Crippen LogP contribution in [0.15, 0.2) is 55.1 Å². The summed E-state index contributed by atoms with van der Waals surface area (Å²) in [6.07, 6.45) is 1.58. The lowest BCUT2D eigenvalue weighted by Crippen LogP contribution is -2.47. The summed E-state index contributed by atoms with van der Waals surface area (Å²) in [4.78, 5) is 28.3. The van der Waals surface area contributed by atoms with Crippen LogP contribution in [0.2, 0.25) is 10.0 Å². The topological polar surface area (TPSA) is 80.1 Å². The van der Waals surface area contributed by atoms with Gasteiger partial charge in [-0.15, -0.1) is 11.7 Å². The van der Waals surface area contributed by atoms with Crippen molar-refractivity contribution in [2.75, 3.05) is 16.8 Å². The fourth-order valence-electron chi connectivity index (χ4n) is 4.60. The van der Waals surface area contributed by atoms with Gasteiger partial charge >= 0.3 is 0 Å². The molecule has 0 fully saturated rings. The number of carbonyl (C=O) groups is 2. The van der Waals surface area contributed by atoms with Crippen molar-refractivity contribution in [3.8, 4) is 0 Å². The quantitative estimate of drug-likeness (QED) is 0.578. The van der Waals surface area contributed by atoms with Crippen LogP contribution in [0.25, 0.3) is 0 Å². The van der Waals surface area contributed by atoms with Crippen molar-refractivity contribution in [3.05, 3.63) is 82.0 Å². The molecule has 1 N–H and O–H groups in total. The maximum atomic E-state index is 13.8. The standard InChI is InChI=1S/C23H19Cl2N5O2/c1-3-10-29-18-9-8-16(25)11-17(18)23(22(29)32)12-19(31)26-21-20(23)27-28-30(21)13(2)14-4-6-15(24)7-5-14/h3-9,11,13H,1,10,12H2,2H3,(H,26,31)/t13-,23+/m0/s1. The molecule has 3 heterocycles. The van der Waals surface area contributed by atoms with Crippen LogP contribution in [0, 0.1) is 0 Å². The summed E-state index contributed by atoms with van der Waals surface area (Å²) in [5.41, 5.74) is 1.40. The van der Waals surface area contributed by atoms with Gasteiger partial charge < -0.3 is 10.2 Å². The second-order valence-electron chi connectivity index (χ2n) is 7.95. The molecule has 1 aromatic heterocycles. The highest BCUT2D eigenvalue weighted by Crippen LogP contribution is 2.52. The first kappa shape index (κ1) is 20.7. The Morgan fingerprint density at radius 2 is 1.91 bits per heavy atom. The molecule has 5 rings (SSSR count). The number of benzene rings is 2. The Kier molecular flexibility index (Phi) is 4.83. The van der Waals surface area contributed by atoms with Gasteiger partial charge in [0.15, 0.2) is 5.82 Å². The maximum absolute atomic E-state index is 13.8. The molecule has 2 aliphatic rings. The number of amides is 2. The summed E-state index contributed by atoms with van der Waals surface area (Å²) in [5.74, 6) is -0.121. The van der Waals surface area contributed by atoms with Crippen LogP contribution in [-0.4, -0.2) is 33.4 Å². The van der Waals surface area contributed by atoms with Gasteiger partial charge in [0.2, 0.25) is 11.8 Å². The molecule has 0 bridgehead atoms. The van der Waals surface area contributed by atoms with E-state index >= 15 is 0 Å². The van der Waals surface area contributed by atoms with Gasteiger partial charge in [-0.2, -0.15) is 0 Å². The Bertz CT molecular complexity index is 1270.